The first kappa shape index (κ1) is 17.7. The number of rotatable bonds is 9. The molecule has 1 aromatic rings. The molecule has 0 heterocycles. The van der Waals surface area contributed by atoms with E-state index < -0.39 is 10.0 Å². The number of anilines is 1. The molecule has 0 aromatic heterocycles. The van der Waals surface area contributed by atoms with Crippen LogP contribution in [-0.4, -0.2) is 46.6 Å². The van der Waals surface area contributed by atoms with Crippen LogP contribution in [-0.2, 0) is 14.8 Å². The molecule has 0 spiro atoms. The number of benzene rings is 1. The fourth-order valence-electron chi connectivity index (χ4n) is 1.59. The summed E-state index contributed by atoms with van der Waals surface area (Å²) >= 11 is 0. The lowest BCUT2D eigenvalue weighted by Crippen LogP contribution is -2.22. The first-order valence-corrected chi connectivity index (χ1v) is 8.36. The maximum Gasteiger partial charge on any atom is 0.242 e. The van der Waals surface area contributed by atoms with Crippen molar-refractivity contribution in [1.82, 2.24) is 4.31 Å². The Balaban J connectivity index is 2.59. The van der Waals surface area contributed by atoms with Gasteiger partial charge in [-0.05, 0) is 24.6 Å². The monoisotopic (exact) mass is 316 g/mol. The average molecular weight is 316 g/mol. The molecule has 1 rings (SSSR count). The van der Waals surface area contributed by atoms with Gasteiger partial charge >= 0.3 is 0 Å². The lowest BCUT2D eigenvalue weighted by atomic mass is 10.3. The van der Waals surface area contributed by atoms with E-state index in [-0.39, 0.29) is 4.90 Å². The third kappa shape index (κ3) is 5.18. The fourth-order valence-corrected chi connectivity index (χ4v) is 2.53. The average Bonchev–Trinajstić information content (AvgIpc) is 2.43. The third-order valence-electron chi connectivity index (χ3n) is 2.89. The van der Waals surface area contributed by atoms with Gasteiger partial charge in [-0.1, -0.05) is 13.3 Å². The first-order chi connectivity index (χ1) is 9.89. The Morgan fingerprint density at radius 1 is 1.19 bits per heavy atom. The van der Waals surface area contributed by atoms with Gasteiger partial charge in [-0.15, -0.1) is 0 Å². The van der Waals surface area contributed by atoms with Gasteiger partial charge in [-0.2, -0.15) is 0 Å². The van der Waals surface area contributed by atoms with Gasteiger partial charge in [0.25, 0.3) is 0 Å². The Bertz CT molecular complexity index is 544. The van der Waals surface area contributed by atoms with E-state index in [0.29, 0.717) is 24.7 Å². The second kappa shape index (κ2) is 8.21. The molecule has 6 nitrogen and oxygen atoms in total. The van der Waals surface area contributed by atoms with Crippen molar-refractivity contribution < 1.29 is 17.9 Å². The number of unbranched alkanes of at least 4 members (excludes halogenated alkanes) is 1. The molecule has 0 atom stereocenters. The summed E-state index contributed by atoms with van der Waals surface area (Å²) in [7, 11) is -0.527. The Morgan fingerprint density at radius 2 is 1.90 bits per heavy atom. The highest BCUT2D eigenvalue weighted by molar-refractivity contribution is 7.89. The van der Waals surface area contributed by atoms with Crippen LogP contribution in [0.2, 0.25) is 0 Å². The van der Waals surface area contributed by atoms with Crippen LogP contribution in [0, 0.1) is 0 Å². The molecule has 0 bridgehead atoms. The molecular weight excluding hydrogens is 292 g/mol. The fraction of sp³-hybridized carbons (Fsp3) is 0.571. The van der Waals surface area contributed by atoms with Crippen molar-refractivity contribution in [3.63, 3.8) is 0 Å². The molecule has 0 saturated carbocycles. The van der Waals surface area contributed by atoms with Crippen LogP contribution in [0.3, 0.4) is 0 Å². The van der Waals surface area contributed by atoms with Crippen LogP contribution >= 0.6 is 0 Å². The van der Waals surface area contributed by atoms with E-state index in [0.717, 1.165) is 23.8 Å². The number of nitrogens with zero attached hydrogens (tertiary/aromatic N) is 1. The molecule has 0 fully saturated rings. The Labute approximate surface area is 126 Å². The topological polar surface area (TPSA) is 81.9 Å². The van der Waals surface area contributed by atoms with Gasteiger partial charge in [0.1, 0.15) is 12.4 Å². The summed E-state index contributed by atoms with van der Waals surface area (Å²) < 4.78 is 35.9. The largest absolute Gasteiger partial charge is 0.489 e. The standard InChI is InChI=1S/C14H24N2O4S/c1-4-5-8-19-9-10-20-14-7-6-12(11-13(14)15)21(17,18)16(2)3/h6-7,11H,4-5,8-10,15H2,1-3H3. The molecule has 21 heavy (non-hydrogen) atoms. The quantitative estimate of drug-likeness (QED) is 0.554. The maximum atomic E-state index is 12.0. The highest BCUT2D eigenvalue weighted by atomic mass is 32.2. The molecule has 7 heteroatoms. The van der Waals surface area contributed by atoms with E-state index >= 15 is 0 Å². The molecule has 0 aliphatic carbocycles. The van der Waals surface area contributed by atoms with Crippen LogP contribution in [0.4, 0.5) is 5.69 Å². The molecule has 0 saturated heterocycles. The zero-order valence-corrected chi connectivity index (χ0v) is 13.6. The summed E-state index contributed by atoms with van der Waals surface area (Å²) in [6, 6.07) is 4.46. The summed E-state index contributed by atoms with van der Waals surface area (Å²) in [5.41, 5.74) is 6.13. The van der Waals surface area contributed by atoms with Gasteiger partial charge in [-0.25, -0.2) is 12.7 Å². The SMILES string of the molecule is CCCCOCCOc1ccc(S(=O)(=O)N(C)C)cc1N. The highest BCUT2D eigenvalue weighted by Gasteiger charge is 2.18. The van der Waals surface area contributed by atoms with Gasteiger partial charge in [0, 0.05) is 20.7 Å². The van der Waals surface area contributed by atoms with Crippen molar-refractivity contribution in [2.24, 2.45) is 0 Å². The van der Waals surface area contributed by atoms with Crippen molar-refractivity contribution in [3.8, 4) is 5.75 Å². The number of hydrogen-bond acceptors (Lipinski definition) is 5. The normalized spacial score (nSPS) is 11.8. The molecule has 120 valence electrons. The van der Waals surface area contributed by atoms with Crippen LogP contribution in [0.5, 0.6) is 5.75 Å². The van der Waals surface area contributed by atoms with Crippen LogP contribution in [0.15, 0.2) is 23.1 Å². The van der Waals surface area contributed by atoms with E-state index in [4.69, 9.17) is 15.2 Å². The summed E-state index contributed by atoms with van der Waals surface area (Å²) in [5, 5.41) is 0. The minimum atomic E-state index is -3.48. The summed E-state index contributed by atoms with van der Waals surface area (Å²) in [6.45, 7) is 3.68. The van der Waals surface area contributed by atoms with E-state index in [1.165, 1.54) is 26.2 Å². The predicted octanol–water partition coefficient (Wildman–Crippen LogP) is 1.71. The zero-order valence-electron chi connectivity index (χ0n) is 12.8. The highest BCUT2D eigenvalue weighted by Crippen LogP contribution is 2.25. The molecule has 2 N–H and O–H groups in total. The molecule has 0 radical (unpaired) electrons. The molecular formula is C14H24N2O4S. The van der Waals surface area contributed by atoms with E-state index in [1.54, 1.807) is 6.07 Å². The van der Waals surface area contributed by atoms with Gasteiger partial charge in [0.2, 0.25) is 10.0 Å². The van der Waals surface area contributed by atoms with Gasteiger partial charge in [-0.3, -0.25) is 0 Å². The lowest BCUT2D eigenvalue weighted by molar-refractivity contribution is 0.0983. The molecule has 0 aliphatic rings. The minimum absolute atomic E-state index is 0.150. The Kier molecular flexibility index (Phi) is 6.94. The molecule has 0 aliphatic heterocycles. The van der Waals surface area contributed by atoms with Gasteiger partial charge in [0.05, 0.1) is 17.2 Å². The minimum Gasteiger partial charge on any atom is -0.489 e. The summed E-state index contributed by atoms with van der Waals surface area (Å²) in [4.78, 5) is 0.150. The smallest absolute Gasteiger partial charge is 0.242 e. The number of nitrogens with two attached hydrogens (primary N) is 1. The van der Waals surface area contributed by atoms with E-state index in [2.05, 4.69) is 6.92 Å². The van der Waals surface area contributed by atoms with Crippen LogP contribution in [0.1, 0.15) is 19.8 Å². The van der Waals surface area contributed by atoms with Crippen molar-refractivity contribution in [3.05, 3.63) is 18.2 Å². The van der Waals surface area contributed by atoms with Gasteiger partial charge in [0.15, 0.2) is 0 Å². The Hall–Kier alpha value is -1.31. The second-order valence-corrected chi connectivity index (χ2v) is 6.95. The van der Waals surface area contributed by atoms with Crippen molar-refractivity contribution in [2.75, 3.05) is 39.6 Å². The second-order valence-electron chi connectivity index (χ2n) is 4.80. The van der Waals surface area contributed by atoms with Crippen LogP contribution < -0.4 is 10.5 Å². The maximum absolute atomic E-state index is 12.0. The first-order valence-electron chi connectivity index (χ1n) is 6.92. The van der Waals surface area contributed by atoms with E-state index in [1.807, 2.05) is 0 Å². The predicted molar refractivity (Wildman–Crippen MR) is 82.9 cm³/mol. The van der Waals surface area contributed by atoms with Gasteiger partial charge < -0.3 is 15.2 Å². The molecule has 0 unspecified atom stereocenters. The third-order valence-corrected chi connectivity index (χ3v) is 4.70. The summed E-state index contributed by atoms with van der Waals surface area (Å²) in [5.74, 6) is 0.465. The number of nitrogen functional groups attached to an aromatic ring is 1. The van der Waals surface area contributed by atoms with Crippen molar-refractivity contribution in [2.45, 2.75) is 24.7 Å². The van der Waals surface area contributed by atoms with Crippen molar-refractivity contribution >= 4 is 15.7 Å². The lowest BCUT2D eigenvalue weighted by Gasteiger charge is -2.14. The zero-order chi connectivity index (χ0) is 15.9. The van der Waals surface area contributed by atoms with Crippen LogP contribution in [0.25, 0.3) is 0 Å². The Morgan fingerprint density at radius 3 is 2.48 bits per heavy atom. The number of hydrogen-bond donors (Lipinski definition) is 1. The van der Waals surface area contributed by atoms with E-state index in [9.17, 15) is 8.42 Å². The number of sulfonamides is 1. The summed E-state index contributed by atoms with van der Waals surface area (Å²) in [6.07, 6.45) is 2.12. The van der Waals surface area contributed by atoms with Crippen molar-refractivity contribution in [1.29, 1.82) is 0 Å². The molecule has 0 amide bonds. The molecule has 1 aromatic carbocycles. The number of ether oxygens (including phenoxy) is 2.